The zero-order valence-corrected chi connectivity index (χ0v) is 15.2. The average molecular weight is 385 g/mol. The van der Waals surface area contributed by atoms with Gasteiger partial charge in [0.2, 0.25) is 0 Å². The molecule has 0 unspecified atom stereocenters. The second-order valence-corrected chi connectivity index (χ2v) is 6.53. The number of nitrogens with one attached hydrogen (secondary N) is 1. The Bertz CT molecular complexity index is 932. The van der Waals surface area contributed by atoms with E-state index in [9.17, 15) is 14.9 Å². The standard InChI is InChI=1S/C19H19N3O6/c1-20-19(23)17-9-21(15-4-2-3-5-16(15)28-17)8-12-6-14(22(24)25)7-13-10-26-11-27-18(12)13/h2-7,17H,8-11H2,1H3,(H,20,23)/t17-/m1/s1. The number of non-ortho nitro benzene ring substituents is 1. The van der Waals surface area contributed by atoms with Crippen molar-refractivity contribution in [1.82, 2.24) is 5.32 Å². The number of amides is 1. The number of carbonyl (C=O) groups excluding carboxylic acids is 1. The van der Waals surface area contributed by atoms with E-state index in [0.717, 1.165) is 5.69 Å². The first-order chi connectivity index (χ1) is 13.6. The lowest BCUT2D eigenvalue weighted by atomic mass is 10.0. The molecule has 0 saturated heterocycles. The molecule has 2 heterocycles. The van der Waals surface area contributed by atoms with Gasteiger partial charge in [0.15, 0.2) is 12.9 Å². The normalized spacial score (nSPS) is 17.6. The number of anilines is 1. The van der Waals surface area contributed by atoms with Gasteiger partial charge in [0.05, 0.1) is 23.8 Å². The quantitative estimate of drug-likeness (QED) is 0.634. The van der Waals surface area contributed by atoms with E-state index in [-0.39, 0.29) is 25.0 Å². The topological polar surface area (TPSA) is 103 Å². The van der Waals surface area contributed by atoms with Gasteiger partial charge in [-0.05, 0) is 12.1 Å². The van der Waals surface area contributed by atoms with E-state index in [4.69, 9.17) is 14.2 Å². The van der Waals surface area contributed by atoms with Gasteiger partial charge >= 0.3 is 0 Å². The number of benzene rings is 2. The van der Waals surface area contributed by atoms with Crippen LogP contribution in [-0.2, 0) is 22.7 Å². The molecule has 1 N–H and O–H groups in total. The Balaban J connectivity index is 1.72. The molecule has 0 aromatic heterocycles. The molecule has 28 heavy (non-hydrogen) atoms. The molecule has 2 aromatic rings. The number of nitrogens with zero attached hydrogens (tertiary/aromatic N) is 2. The monoisotopic (exact) mass is 385 g/mol. The van der Waals surface area contributed by atoms with Gasteiger partial charge in [-0.3, -0.25) is 14.9 Å². The summed E-state index contributed by atoms with van der Waals surface area (Å²) in [6, 6.07) is 10.4. The van der Waals surface area contributed by atoms with E-state index in [1.54, 1.807) is 13.1 Å². The van der Waals surface area contributed by atoms with Crippen molar-refractivity contribution >= 4 is 17.3 Å². The highest BCUT2D eigenvalue weighted by atomic mass is 16.7. The van der Waals surface area contributed by atoms with Crippen molar-refractivity contribution in [2.45, 2.75) is 19.3 Å². The Morgan fingerprint density at radius 3 is 2.96 bits per heavy atom. The third kappa shape index (κ3) is 3.31. The third-order valence-electron chi connectivity index (χ3n) is 4.74. The van der Waals surface area contributed by atoms with Gasteiger partial charge in [0, 0.05) is 36.9 Å². The molecule has 0 radical (unpaired) electrons. The van der Waals surface area contributed by atoms with Gasteiger partial charge in [-0.2, -0.15) is 0 Å². The van der Waals surface area contributed by atoms with E-state index >= 15 is 0 Å². The fourth-order valence-electron chi connectivity index (χ4n) is 3.46. The molecule has 1 atom stereocenters. The number of fused-ring (bicyclic) bond motifs is 2. The predicted molar refractivity (Wildman–Crippen MR) is 99.4 cm³/mol. The third-order valence-corrected chi connectivity index (χ3v) is 4.74. The van der Waals surface area contributed by atoms with Crippen LogP contribution in [0.25, 0.3) is 0 Å². The Hall–Kier alpha value is -3.33. The van der Waals surface area contributed by atoms with Crippen molar-refractivity contribution < 1.29 is 23.9 Å². The second kappa shape index (κ2) is 7.35. The van der Waals surface area contributed by atoms with E-state index in [1.165, 1.54) is 12.1 Å². The minimum Gasteiger partial charge on any atom is -0.477 e. The lowest BCUT2D eigenvalue weighted by molar-refractivity contribution is -0.385. The molecular formula is C19H19N3O6. The van der Waals surface area contributed by atoms with E-state index in [2.05, 4.69) is 5.32 Å². The van der Waals surface area contributed by atoms with Crippen LogP contribution in [-0.4, -0.2) is 37.3 Å². The van der Waals surface area contributed by atoms with Crippen molar-refractivity contribution in [1.29, 1.82) is 0 Å². The van der Waals surface area contributed by atoms with Crippen molar-refractivity contribution in [3.63, 3.8) is 0 Å². The van der Waals surface area contributed by atoms with Crippen molar-refractivity contribution in [3.8, 4) is 11.5 Å². The summed E-state index contributed by atoms with van der Waals surface area (Å²) in [5.41, 5.74) is 2.10. The molecule has 1 amide bonds. The van der Waals surface area contributed by atoms with E-state index in [0.29, 0.717) is 35.7 Å². The van der Waals surface area contributed by atoms with Crippen molar-refractivity contribution in [3.05, 3.63) is 57.6 Å². The summed E-state index contributed by atoms with van der Waals surface area (Å²) < 4.78 is 16.7. The van der Waals surface area contributed by atoms with Crippen LogP contribution in [0.3, 0.4) is 0 Å². The van der Waals surface area contributed by atoms with Crippen LogP contribution in [0.2, 0.25) is 0 Å². The second-order valence-electron chi connectivity index (χ2n) is 6.53. The fraction of sp³-hybridized carbons (Fsp3) is 0.316. The number of ether oxygens (including phenoxy) is 3. The van der Waals surface area contributed by atoms with Crippen LogP contribution in [0.1, 0.15) is 11.1 Å². The minimum absolute atomic E-state index is 0.0211. The van der Waals surface area contributed by atoms with Gasteiger partial charge in [0.25, 0.3) is 11.6 Å². The van der Waals surface area contributed by atoms with Crippen LogP contribution >= 0.6 is 0 Å². The zero-order valence-electron chi connectivity index (χ0n) is 15.2. The molecule has 2 aliphatic rings. The first-order valence-electron chi connectivity index (χ1n) is 8.79. The molecule has 0 aliphatic carbocycles. The highest BCUT2D eigenvalue weighted by molar-refractivity contribution is 5.83. The fourth-order valence-corrected chi connectivity index (χ4v) is 3.46. The lowest BCUT2D eigenvalue weighted by Crippen LogP contribution is -2.48. The summed E-state index contributed by atoms with van der Waals surface area (Å²) >= 11 is 0. The van der Waals surface area contributed by atoms with Crippen molar-refractivity contribution in [2.75, 3.05) is 25.3 Å². The Kier molecular flexibility index (Phi) is 4.74. The van der Waals surface area contributed by atoms with Gasteiger partial charge in [-0.1, -0.05) is 12.1 Å². The molecule has 9 heteroatoms. The Labute approximate surface area is 160 Å². The molecule has 2 aromatic carbocycles. The first kappa shape index (κ1) is 18.1. The van der Waals surface area contributed by atoms with Crippen molar-refractivity contribution in [2.24, 2.45) is 0 Å². The maximum absolute atomic E-state index is 12.2. The lowest BCUT2D eigenvalue weighted by Gasteiger charge is -2.36. The van der Waals surface area contributed by atoms with Crippen LogP contribution < -0.4 is 19.7 Å². The van der Waals surface area contributed by atoms with Gasteiger partial charge in [-0.15, -0.1) is 0 Å². The van der Waals surface area contributed by atoms with Gasteiger partial charge in [0.1, 0.15) is 11.5 Å². The Morgan fingerprint density at radius 2 is 2.18 bits per heavy atom. The molecule has 0 saturated carbocycles. The first-order valence-corrected chi connectivity index (χ1v) is 8.79. The molecule has 2 aliphatic heterocycles. The number of hydrogen-bond donors (Lipinski definition) is 1. The largest absolute Gasteiger partial charge is 0.477 e. The molecule has 0 spiro atoms. The SMILES string of the molecule is CNC(=O)[C@H]1CN(Cc2cc([N+](=O)[O-])cc3c2OCOC3)c2ccccc2O1. The summed E-state index contributed by atoms with van der Waals surface area (Å²) in [5, 5.41) is 13.9. The summed E-state index contributed by atoms with van der Waals surface area (Å²) in [5.74, 6) is 0.952. The number of rotatable bonds is 4. The molecule has 146 valence electrons. The number of nitro groups is 1. The molecule has 0 fully saturated rings. The molecule has 0 bridgehead atoms. The van der Waals surface area contributed by atoms with E-state index < -0.39 is 11.0 Å². The summed E-state index contributed by atoms with van der Waals surface area (Å²) in [6.45, 7) is 0.992. The molecule has 9 nitrogen and oxygen atoms in total. The van der Waals surface area contributed by atoms with Gasteiger partial charge < -0.3 is 24.4 Å². The maximum atomic E-state index is 12.2. The number of hydrogen-bond acceptors (Lipinski definition) is 7. The van der Waals surface area contributed by atoms with Crippen LogP contribution in [0, 0.1) is 10.1 Å². The zero-order chi connectivity index (χ0) is 19.7. The number of carbonyl (C=O) groups is 1. The number of likely N-dealkylation sites (N-methyl/N-ethyl adjacent to an activating group) is 1. The summed E-state index contributed by atoms with van der Waals surface area (Å²) in [6.07, 6.45) is -0.682. The van der Waals surface area contributed by atoms with E-state index in [1.807, 2.05) is 23.1 Å². The van der Waals surface area contributed by atoms with Crippen LogP contribution in [0.15, 0.2) is 36.4 Å². The molecular weight excluding hydrogens is 366 g/mol. The Morgan fingerprint density at radius 1 is 1.36 bits per heavy atom. The highest BCUT2D eigenvalue weighted by Crippen LogP contribution is 2.38. The predicted octanol–water partition coefficient (Wildman–Crippen LogP) is 1.97. The van der Waals surface area contributed by atoms with Crippen LogP contribution in [0.5, 0.6) is 11.5 Å². The van der Waals surface area contributed by atoms with Gasteiger partial charge in [-0.25, -0.2) is 0 Å². The highest BCUT2D eigenvalue weighted by Gasteiger charge is 2.31. The maximum Gasteiger partial charge on any atom is 0.270 e. The smallest absolute Gasteiger partial charge is 0.270 e. The summed E-state index contributed by atoms with van der Waals surface area (Å²) in [4.78, 5) is 25.0. The average Bonchev–Trinajstić information content (AvgIpc) is 2.72. The minimum atomic E-state index is -0.682. The number of nitro benzene ring substituents is 1. The number of para-hydroxylation sites is 2. The molecule has 4 rings (SSSR count). The van der Waals surface area contributed by atoms with Crippen LogP contribution in [0.4, 0.5) is 11.4 Å². The summed E-state index contributed by atoms with van der Waals surface area (Å²) in [7, 11) is 1.56.